The van der Waals surface area contributed by atoms with Gasteiger partial charge in [-0.15, -0.1) is 5.10 Å². The molecule has 0 amide bonds. The van der Waals surface area contributed by atoms with Crippen molar-refractivity contribution in [1.82, 2.24) is 10.2 Å². The summed E-state index contributed by atoms with van der Waals surface area (Å²) in [7, 11) is 4.15. The maximum absolute atomic E-state index is 4.35. The molecule has 102 valence electrons. The third-order valence-corrected chi connectivity index (χ3v) is 3.94. The summed E-state index contributed by atoms with van der Waals surface area (Å²) < 4.78 is 0. The van der Waals surface area contributed by atoms with E-state index in [1.807, 2.05) is 6.07 Å². The second-order valence-corrected chi connectivity index (χ2v) is 5.50. The zero-order valence-corrected chi connectivity index (χ0v) is 12.0. The van der Waals surface area contributed by atoms with E-state index >= 15 is 0 Å². The van der Waals surface area contributed by atoms with Gasteiger partial charge in [0.15, 0.2) is 0 Å². The zero-order chi connectivity index (χ0) is 14.4. The largest absolute Gasteiger partial charge is 0.377 e. The van der Waals surface area contributed by atoms with Gasteiger partial charge in [0.1, 0.15) is 5.52 Å². The van der Waals surface area contributed by atoms with E-state index in [2.05, 4.69) is 71.7 Å². The minimum absolute atomic E-state index is 0.962. The molecule has 0 unspecified atom stereocenters. The van der Waals surface area contributed by atoms with E-state index in [-0.39, 0.29) is 0 Å². The van der Waals surface area contributed by atoms with Gasteiger partial charge in [-0.25, -0.2) is 0 Å². The highest BCUT2D eigenvalue weighted by Crippen LogP contribution is 2.34. The van der Waals surface area contributed by atoms with Crippen molar-refractivity contribution in [2.75, 3.05) is 19.0 Å². The average molecular weight is 273 g/mol. The van der Waals surface area contributed by atoms with Crippen LogP contribution in [0.1, 0.15) is 0 Å². The summed E-state index contributed by atoms with van der Waals surface area (Å²) in [6.45, 7) is 0. The first-order valence-electron chi connectivity index (χ1n) is 6.98. The van der Waals surface area contributed by atoms with Crippen LogP contribution in [0.5, 0.6) is 0 Å². The second-order valence-electron chi connectivity index (χ2n) is 5.50. The molecule has 0 saturated heterocycles. The van der Waals surface area contributed by atoms with Gasteiger partial charge in [0.2, 0.25) is 0 Å². The van der Waals surface area contributed by atoms with E-state index < -0.39 is 0 Å². The van der Waals surface area contributed by atoms with Crippen molar-refractivity contribution < 1.29 is 0 Å². The minimum Gasteiger partial charge on any atom is -0.377 e. The Bertz CT molecular complexity index is 974. The van der Waals surface area contributed by atoms with Crippen LogP contribution in [-0.4, -0.2) is 24.3 Å². The fourth-order valence-electron chi connectivity index (χ4n) is 2.91. The molecule has 4 aromatic rings. The quantitative estimate of drug-likeness (QED) is 0.388. The molecule has 0 N–H and O–H groups in total. The molecular formula is C18H15N3. The molecule has 21 heavy (non-hydrogen) atoms. The summed E-state index contributed by atoms with van der Waals surface area (Å²) in [5, 5.41) is 14.4. The normalized spacial score (nSPS) is 11.3. The summed E-state index contributed by atoms with van der Waals surface area (Å²) in [6, 6.07) is 17.1. The molecule has 0 saturated carbocycles. The number of hydrogen-bond donors (Lipinski definition) is 0. The van der Waals surface area contributed by atoms with Crippen molar-refractivity contribution >= 4 is 38.1 Å². The third kappa shape index (κ3) is 1.82. The van der Waals surface area contributed by atoms with Crippen LogP contribution in [0.4, 0.5) is 5.69 Å². The first kappa shape index (κ1) is 12.1. The summed E-state index contributed by atoms with van der Waals surface area (Å²) in [4.78, 5) is 2.15. The lowest BCUT2D eigenvalue weighted by Crippen LogP contribution is -2.09. The van der Waals surface area contributed by atoms with Gasteiger partial charge in [-0.2, -0.15) is 5.10 Å². The highest BCUT2D eigenvalue weighted by atomic mass is 15.1. The Kier molecular flexibility index (Phi) is 2.54. The average Bonchev–Trinajstić information content (AvgIpc) is 2.52. The molecule has 0 radical (unpaired) electrons. The van der Waals surface area contributed by atoms with Gasteiger partial charge in [0.25, 0.3) is 0 Å². The van der Waals surface area contributed by atoms with E-state index in [0.717, 1.165) is 16.3 Å². The van der Waals surface area contributed by atoms with Crippen LogP contribution >= 0.6 is 0 Å². The van der Waals surface area contributed by atoms with Crippen molar-refractivity contribution in [2.45, 2.75) is 0 Å². The topological polar surface area (TPSA) is 29.0 Å². The molecule has 3 heteroatoms. The van der Waals surface area contributed by atoms with Crippen LogP contribution in [0.15, 0.2) is 54.7 Å². The number of anilines is 1. The van der Waals surface area contributed by atoms with E-state index in [4.69, 9.17) is 0 Å². The standard InChI is InChI=1S/C18H15N3/c1-21(2)17-11-14-7-8-19-20-18(14)16-10-13-6-4-3-5-12(13)9-15(16)17/h3-11H,1-2H3. The predicted octanol–water partition coefficient (Wildman–Crippen LogP) is 4.00. The van der Waals surface area contributed by atoms with Crippen molar-refractivity contribution in [3.05, 3.63) is 54.7 Å². The van der Waals surface area contributed by atoms with Gasteiger partial charge in [-0.3, -0.25) is 0 Å². The van der Waals surface area contributed by atoms with Gasteiger partial charge in [-0.1, -0.05) is 24.3 Å². The first-order chi connectivity index (χ1) is 10.2. The number of nitrogens with zero attached hydrogens (tertiary/aromatic N) is 3. The molecule has 3 nitrogen and oxygen atoms in total. The SMILES string of the molecule is CN(C)c1cc2ccnnc2c2cc3ccccc3cc12. The smallest absolute Gasteiger partial charge is 0.101 e. The lowest BCUT2D eigenvalue weighted by Gasteiger charge is -2.17. The van der Waals surface area contributed by atoms with E-state index in [1.54, 1.807) is 6.20 Å². The molecule has 0 aliphatic carbocycles. The number of benzene rings is 3. The summed E-state index contributed by atoms with van der Waals surface area (Å²) >= 11 is 0. The molecule has 0 atom stereocenters. The molecule has 0 bridgehead atoms. The molecule has 0 fully saturated rings. The highest BCUT2D eigenvalue weighted by molar-refractivity contribution is 6.15. The minimum atomic E-state index is 0.962. The van der Waals surface area contributed by atoms with E-state index in [9.17, 15) is 0 Å². The molecule has 1 aromatic heterocycles. The maximum Gasteiger partial charge on any atom is 0.101 e. The molecule has 0 aliphatic rings. The molecule has 3 aromatic carbocycles. The summed E-state index contributed by atoms with van der Waals surface area (Å²) in [5.41, 5.74) is 2.17. The summed E-state index contributed by atoms with van der Waals surface area (Å²) in [5.74, 6) is 0. The van der Waals surface area contributed by atoms with Crippen LogP contribution in [-0.2, 0) is 0 Å². The number of aromatic nitrogens is 2. The third-order valence-electron chi connectivity index (χ3n) is 3.94. The van der Waals surface area contributed by atoms with Gasteiger partial charge in [0, 0.05) is 35.9 Å². The van der Waals surface area contributed by atoms with Crippen LogP contribution in [0.2, 0.25) is 0 Å². The fourth-order valence-corrected chi connectivity index (χ4v) is 2.91. The van der Waals surface area contributed by atoms with Gasteiger partial charge in [-0.05, 0) is 35.0 Å². The Morgan fingerprint density at radius 3 is 2.24 bits per heavy atom. The van der Waals surface area contributed by atoms with E-state index in [0.29, 0.717) is 0 Å². The Morgan fingerprint density at radius 2 is 1.52 bits per heavy atom. The fraction of sp³-hybridized carbons (Fsp3) is 0.111. The summed E-state index contributed by atoms with van der Waals surface area (Å²) in [6.07, 6.45) is 1.74. The van der Waals surface area contributed by atoms with Crippen molar-refractivity contribution in [1.29, 1.82) is 0 Å². The van der Waals surface area contributed by atoms with Crippen LogP contribution in [0.3, 0.4) is 0 Å². The number of fused-ring (bicyclic) bond motifs is 4. The molecular weight excluding hydrogens is 258 g/mol. The monoisotopic (exact) mass is 273 g/mol. The maximum atomic E-state index is 4.35. The van der Waals surface area contributed by atoms with Gasteiger partial charge in [0.05, 0.1) is 6.20 Å². The van der Waals surface area contributed by atoms with Crippen molar-refractivity contribution in [3.63, 3.8) is 0 Å². The Balaban J connectivity index is 2.27. The van der Waals surface area contributed by atoms with Crippen molar-refractivity contribution in [2.24, 2.45) is 0 Å². The molecule has 0 spiro atoms. The van der Waals surface area contributed by atoms with Crippen LogP contribution in [0.25, 0.3) is 32.4 Å². The zero-order valence-electron chi connectivity index (χ0n) is 12.0. The van der Waals surface area contributed by atoms with Crippen molar-refractivity contribution in [3.8, 4) is 0 Å². The molecule has 0 aliphatic heterocycles. The van der Waals surface area contributed by atoms with Gasteiger partial charge < -0.3 is 4.90 Å². The number of hydrogen-bond acceptors (Lipinski definition) is 3. The molecule has 1 heterocycles. The van der Waals surface area contributed by atoms with E-state index in [1.165, 1.54) is 21.8 Å². The van der Waals surface area contributed by atoms with Crippen LogP contribution < -0.4 is 4.90 Å². The Hall–Kier alpha value is -2.68. The predicted molar refractivity (Wildman–Crippen MR) is 88.9 cm³/mol. The molecule has 4 rings (SSSR count). The Labute approximate surface area is 122 Å². The lowest BCUT2D eigenvalue weighted by molar-refractivity contribution is 1.08. The first-order valence-corrected chi connectivity index (χ1v) is 6.98. The van der Waals surface area contributed by atoms with Crippen LogP contribution in [0, 0.1) is 0 Å². The number of rotatable bonds is 1. The van der Waals surface area contributed by atoms with Gasteiger partial charge >= 0.3 is 0 Å². The second kappa shape index (κ2) is 4.42. The Morgan fingerprint density at radius 1 is 0.810 bits per heavy atom. The highest BCUT2D eigenvalue weighted by Gasteiger charge is 2.10. The lowest BCUT2D eigenvalue weighted by atomic mass is 9.99.